The zero-order valence-corrected chi connectivity index (χ0v) is 18.8. The van der Waals surface area contributed by atoms with Gasteiger partial charge >= 0.3 is 0 Å². The minimum absolute atomic E-state index is 0.155. The van der Waals surface area contributed by atoms with Crippen LogP contribution in [0.1, 0.15) is 21.7 Å². The van der Waals surface area contributed by atoms with Crippen molar-refractivity contribution >= 4 is 5.91 Å². The van der Waals surface area contributed by atoms with Gasteiger partial charge in [0.05, 0.1) is 18.4 Å². The van der Waals surface area contributed by atoms with Crippen molar-refractivity contribution in [2.75, 3.05) is 7.05 Å². The van der Waals surface area contributed by atoms with Gasteiger partial charge in [-0.15, -0.1) is 5.10 Å². The molecule has 5 aromatic rings. The zero-order chi connectivity index (χ0) is 23.3. The highest BCUT2D eigenvalue weighted by atomic mass is 16.2. The second-order valence-electron chi connectivity index (χ2n) is 8.07. The summed E-state index contributed by atoms with van der Waals surface area (Å²) in [4.78, 5) is 19.5. The average Bonchev–Trinajstić information content (AvgIpc) is 3.52. The lowest BCUT2D eigenvalue weighted by atomic mass is 10.2. The van der Waals surface area contributed by atoms with Crippen LogP contribution in [-0.2, 0) is 13.1 Å². The Hall–Kier alpha value is -4.52. The van der Waals surface area contributed by atoms with E-state index < -0.39 is 0 Å². The summed E-state index contributed by atoms with van der Waals surface area (Å²) in [5, 5.41) is 9.01. The lowest BCUT2D eigenvalue weighted by Crippen LogP contribution is -2.27. The molecular formula is C27H24N6O. The van der Waals surface area contributed by atoms with Crippen molar-refractivity contribution < 1.29 is 4.79 Å². The number of benzene rings is 3. The Morgan fingerprint density at radius 3 is 2.21 bits per heavy atom. The molecule has 0 unspecified atom stereocenters. The maximum Gasteiger partial charge on any atom is 0.293 e. The zero-order valence-electron chi connectivity index (χ0n) is 18.8. The van der Waals surface area contributed by atoms with E-state index in [1.807, 2.05) is 89.7 Å². The van der Waals surface area contributed by atoms with Crippen LogP contribution in [0.2, 0.25) is 0 Å². The number of amides is 1. The Morgan fingerprint density at radius 1 is 0.853 bits per heavy atom. The lowest BCUT2D eigenvalue weighted by molar-refractivity contribution is 0.0773. The normalized spacial score (nSPS) is 10.9. The Balaban J connectivity index is 1.37. The van der Waals surface area contributed by atoms with E-state index >= 15 is 0 Å². The minimum atomic E-state index is -0.248. The number of carbonyl (C=O) groups is 1. The predicted molar refractivity (Wildman–Crippen MR) is 130 cm³/mol. The van der Waals surface area contributed by atoms with Crippen LogP contribution in [-0.4, -0.2) is 42.4 Å². The third kappa shape index (κ3) is 4.63. The quantitative estimate of drug-likeness (QED) is 0.369. The number of hydrogen-bond acceptors (Lipinski definition) is 4. The monoisotopic (exact) mass is 448 g/mol. The van der Waals surface area contributed by atoms with E-state index in [1.165, 1.54) is 5.56 Å². The standard InChI is InChI=1S/C27H24N6O/c1-31(18-22-17-28-32(20-22)19-21-11-5-2-6-12-21)27(34)25-29-26(23-13-7-3-8-14-23)33(30-25)24-15-9-4-10-16-24/h2-17,20H,18-19H2,1H3. The van der Waals surface area contributed by atoms with Crippen molar-refractivity contribution in [1.29, 1.82) is 0 Å². The SMILES string of the molecule is CN(Cc1cnn(Cc2ccccc2)c1)C(=O)c1nc(-c2ccccc2)n(-c2ccccc2)n1. The summed E-state index contributed by atoms with van der Waals surface area (Å²) in [6.07, 6.45) is 3.75. The summed E-state index contributed by atoms with van der Waals surface area (Å²) >= 11 is 0. The number of hydrogen-bond donors (Lipinski definition) is 0. The summed E-state index contributed by atoms with van der Waals surface area (Å²) in [7, 11) is 1.75. The molecule has 3 aromatic carbocycles. The molecule has 0 aliphatic carbocycles. The molecular weight excluding hydrogens is 424 g/mol. The van der Waals surface area contributed by atoms with Crippen LogP contribution in [0.3, 0.4) is 0 Å². The molecule has 168 valence electrons. The van der Waals surface area contributed by atoms with Gasteiger partial charge in [0, 0.05) is 30.9 Å². The van der Waals surface area contributed by atoms with Crippen molar-refractivity contribution in [1.82, 2.24) is 29.4 Å². The third-order valence-corrected chi connectivity index (χ3v) is 5.47. The minimum Gasteiger partial charge on any atom is -0.334 e. The maximum atomic E-state index is 13.2. The Kier molecular flexibility index (Phi) is 5.99. The number of aromatic nitrogens is 5. The van der Waals surface area contributed by atoms with Crippen LogP contribution in [0.25, 0.3) is 17.1 Å². The predicted octanol–water partition coefficient (Wildman–Crippen LogP) is 4.45. The van der Waals surface area contributed by atoms with E-state index in [4.69, 9.17) is 0 Å². The first-order chi connectivity index (χ1) is 16.7. The van der Waals surface area contributed by atoms with E-state index in [0.717, 1.165) is 16.8 Å². The number of carbonyl (C=O) groups excluding carboxylic acids is 1. The summed E-state index contributed by atoms with van der Waals surface area (Å²) in [6.45, 7) is 1.09. The van der Waals surface area contributed by atoms with Gasteiger partial charge in [-0.3, -0.25) is 9.48 Å². The van der Waals surface area contributed by atoms with Crippen molar-refractivity contribution in [3.63, 3.8) is 0 Å². The highest BCUT2D eigenvalue weighted by Crippen LogP contribution is 2.21. The van der Waals surface area contributed by atoms with Gasteiger partial charge in [-0.05, 0) is 17.7 Å². The molecule has 0 spiro atoms. The van der Waals surface area contributed by atoms with Crippen molar-refractivity contribution in [2.24, 2.45) is 0 Å². The summed E-state index contributed by atoms with van der Waals surface area (Å²) in [6, 6.07) is 29.6. The van der Waals surface area contributed by atoms with Crippen LogP contribution >= 0.6 is 0 Å². The molecule has 7 nitrogen and oxygen atoms in total. The van der Waals surface area contributed by atoms with Gasteiger partial charge < -0.3 is 4.90 Å². The molecule has 0 aliphatic rings. The molecule has 7 heteroatoms. The topological polar surface area (TPSA) is 68.8 Å². The summed E-state index contributed by atoms with van der Waals surface area (Å²) in [5.41, 5.74) is 3.85. The number of para-hydroxylation sites is 1. The summed E-state index contributed by atoms with van der Waals surface area (Å²) < 4.78 is 3.59. The first-order valence-corrected chi connectivity index (χ1v) is 11.1. The molecule has 0 fully saturated rings. The van der Waals surface area contributed by atoms with Gasteiger partial charge in [0.1, 0.15) is 0 Å². The van der Waals surface area contributed by atoms with Crippen molar-refractivity contribution in [3.8, 4) is 17.1 Å². The highest BCUT2D eigenvalue weighted by Gasteiger charge is 2.22. The Bertz CT molecular complexity index is 1320. The average molecular weight is 449 g/mol. The lowest BCUT2D eigenvalue weighted by Gasteiger charge is -2.13. The fourth-order valence-electron chi connectivity index (χ4n) is 3.79. The largest absolute Gasteiger partial charge is 0.334 e. The first kappa shape index (κ1) is 21.3. The van der Waals surface area contributed by atoms with E-state index in [9.17, 15) is 4.79 Å². The third-order valence-electron chi connectivity index (χ3n) is 5.47. The Labute approximate surface area is 197 Å². The molecule has 2 heterocycles. The van der Waals surface area contributed by atoms with Gasteiger partial charge in [0.25, 0.3) is 5.91 Å². The van der Waals surface area contributed by atoms with Crippen LogP contribution in [0.4, 0.5) is 0 Å². The van der Waals surface area contributed by atoms with Crippen LogP contribution in [0.5, 0.6) is 0 Å². The molecule has 0 aliphatic heterocycles. The second-order valence-corrected chi connectivity index (χ2v) is 8.07. The van der Waals surface area contributed by atoms with Crippen LogP contribution < -0.4 is 0 Å². The van der Waals surface area contributed by atoms with Crippen molar-refractivity contribution in [2.45, 2.75) is 13.1 Å². The van der Waals surface area contributed by atoms with E-state index in [0.29, 0.717) is 18.9 Å². The van der Waals surface area contributed by atoms with Gasteiger partial charge in [-0.2, -0.15) is 5.10 Å². The van der Waals surface area contributed by atoms with Crippen molar-refractivity contribution in [3.05, 3.63) is 120 Å². The summed E-state index contributed by atoms with van der Waals surface area (Å²) in [5.74, 6) is 0.531. The molecule has 1 amide bonds. The Morgan fingerprint density at radius 2 is 1.50 bits per heavy atom. The van der Waals surface area contributed by atoms with E-state index in [1.54, 1.807) is 22.8 Å². The first-order valence-electron chi connectivity index (χ1n) is 11.1. The fraction of sp³-hybridized carbons (Fsp3) is 0.111. The molecule has 0 N–H and O–H groups in total. The molecule has 0 atom stereocenters. The molecule has 5 rings (SSSR count). The molecule has 0 radical (unpaired) electrons. The molecule has 0 saturated carbocycles. The second kappa shape index (κ2) is 9.54. The number of nitrogens with zero attached hydrogens (tertiary/aromatic N) is 6. The highest BCUT2D eigenvalue weighted by molar-refractivity contribution is 5.90. The van der Waals surface area contributed by atoms with Gasteiger partial charge in [-0.25, -0.2) is 9.67 Å². The molecule has 0 saturated heterocycles. The van der Waals surface area contributed by atoms with Gasteiger partial charge in [0.15, 0.2) is 5.82 Å². The number of rotatable bonds is 7. The van der Waals surface area contributed by atoms with Gasteiger partial charge in [0.2, 0.25) is 5.82 Å². The fourth-order valence-corrected chi connectivity index (χ4v) is 3.79. The van der Waals surface area contributed by atoms with Crippen LogP contribution in [0, 0.1) is 0 Å². The van der Waals surface area contributed by atoms with Gasteiger partial charge in [-0.1, -0.05) is 78.9 Å². The van der Waals surface area contributed by atoms with E-state index in [2.05, 4.69) is 27.3 Å². The van der Waals surface area contributed by atoms with E-state index in [-0.39, 0.29) is 11.7 Å². The maximum absolute atomic E-state index is 13.2. The smallest absolute Gasteiger partial charge is 0.293 e. The molecule has 0 bridgehead atoms. The van der Waals surface area contributed by atoms with Crippen LogP contribution in [0.15, 0.2) is 103 Å². The molecule has 34 heavy (non-hydrogen) atoms. The molecule has 2 aromatic heterocycles.